The quantitative estimate of drug-likeness (QED) is 0.918. The lowest BCUT2D eigenvalue weighted by atomic mass is 9.91. The van der Waals surface area contributed by atoms with Gasteiger partial charge >= 0.3 is 0 Å². The molecule has 1 saturated heterocycles. The Balaban J connectivity index is 1.62. The van der Waals surface area contributed by atoms with Crippen molar-refractivity contribution >= 4 is 11.3 Å². The Bertz CT molecular complexity index is 384. The lowest BCUT2D eigenvalue weighted by molar-refractivity contribution is 0.0794. The molecule has 1 atom stereocenters. The van der Waals surface area contributed by atoms with Crippen LogP contribution in [0.4, 0.5) is 0 Å². The van der Waals surface area contributed by atoms with Gasteiger partial charge in [-0.2, -0.15) is 0 Å². The van der Waals surface area contributed by atoms with Crippen LogP contribution in [-0.2, 0) is 6.42 Å². The standard InChI is InChI=1S/C15H25N3S/c1-2-13-11-17-15(6-3-4-7-15)12-18(13)9-5-14-16-8-10-19-14/h8,10,13,17H,2-7,9,11-12H2,1H3. The molecule has 1 unspecified atom stereocenters. The largest absolute Gasteiger partial charge is 0.308 e. The molecule has 3 nitrogen and oxygen atoms in total. The lowest BCUT2D eigenvalue weighted by Gasteiger charge is -2.46. The van der Waals surface area contributed by atoms with Gasteiger partial charge in [0.2, 0.25) is 0 Å². The number of nitrogens with one attached hydrogen (secondary N) is 1. The van der Waals surface area contributed by atoms with E-state index >= 15 is 0 Å². The van der Waals surface area contributed by atoms with E-state index < -0.39 is 0 Å². The first kappa shape index (κ1) is 13.5. The maximum Gasteiger partial charge on any atom is 0.0937 e. The normalized spacial score (nSPS) is 27.1. The van der Waals surface area contributed by atoms with Gasteiger partial charge in [0, 0.05) is 49.2 Å². The molecule has 1 aliphatic carbocycles. The number of piperazine rings is 1. The number of aromatic nitrogens is 1. The van der Waals surface area contributed by atoms with Crippen molar-refractivity contribution in [2.24, 2.45) is 0 Å². The fourth-order valence-corrected chi connectivity index (χ4v) is 4.31. The molecule has 0 amide bonds. The minimum atomic E-state index is 0.439. The first-order valence-corrected chi connectivity index (χ1v) is 8.57. The second-order valence-electron chi connectivity index (χ2n) is 6.08. The molecule has 0 radical (unpaired) electrons. The molecule has 1 aliphatic heterocycles. The molecule has 1 N–H and O–H groups in total. The predicted molar refractivity (Wildman–Crippen MR) is 80.7 cm³/mol. The average molecular weight is 279 g/mol. The number of nitrogens with zero attached hydrogens (tertiary/aromatic N) is 2. The summed E-state index contributed by atoms with van der Waals surface area (Å²) >= 11 is 1.79. The van der Waals surface area contributed by atoms with Crippen molar-refractivity contribution in [2.45, 2.75) is 57.0 Å². The molecule has 4 heteroatoms. The molecule has 1 aromatic rings. The molecule has 2 fully saturated rings. The SMILES string of the molecule is CCC1CNC2(CCCC2)CN1CCc1nccs1. The smallest absolute Gasteiger partial charge is 0.0937 e. The molecule has 106 valence electrons. The van der Waals surface area contributed by atoms with Crippen molar-refractivity contribution in [1.82, 2.24) is 15.2 Å². The first-order valence-electron chi connectivity index (χ1n) is 7.69. The Kier molecular flexibility index (Phi) is 4.20. The molecule has 2 aliphatic rings. The highest BCUT2D eigenvalue weighted by Crippen LogP contribution is 2.33. The van der Waals surface area contributed by atoms with E-state index in [4.69, 9.17) is 0 Å². The molecule has 19 heavy (non-hydrogen) atoms. The highest BCUT2D eigenvalue weighted by Gasteiger charge is 2.40. The number of rotatable bonds is 4. The molecular formula is C15H25N3S. The Morgan fingerprint density at radius 2 is 2.32 bits per heavy atom. The third-order valence-corrected chi connectivity index (χ3v) is 5.70. The van der Waals surface area contributed by atoms with Crippen molar-refractivity contribution in [3.63, 3.8) is 0 Å². The Morgan fingerprint density at radius 1 is 1.47 bits per heavy atom. The van der Waals surface area contributed by atoms with Gasteiger partial charge in [-0.15, -0.1) is 11.3 Å². The van der Waals surface area contributed by atoms with Crippen LogP contribution in [0.2, 0.25) is 0 Å². The topological polar surface area (TPSA) is 28.2 Å². The van der Waals surface area contributed by atoms with E-state index in [-0.39, 0.29) is 0 Å². The zero-order chi connectivity index (χ0) is 13.1. The minimum Gasteiger partial charge on any atom is -0.308 e. The predicted octanol–water partition coefficient (Wildman–Crippen LogP) is 2.68. The van der Waals surface area contributed by atoms with Crippen LogP contribution in [0, 0.1) is 0 Å². The van der Waals surface area contributed by atoms with Gasteiger partial charge < -0.3 is 5.32 Å². The van der Waals surface area contributed by atoms with Gasteiger partial charge in [-0.05, 0) is 19.3 Å². The molecule has 2 heterocycles. The molecule has 1 saturated carbocycles. The molecule has 0 bridgehead atoms. The molecule has 1 spiro atoms. The van der Waals surface area contributed by atoms with Crippen molar-refractivity contribution in [1.29, 1.82) is 0 Å². The molecule has 1 aromatic heterocycles. The van der Waals surface area contributed by atoms with Crippen LogP contribution in [0.15, 0.2) is 11.6 Å². The van der Waals surface area contributed by atoms with E-state index in [1.807, 2.05) is 6.20 Å². The van der Waals surface area contributed by atoms with Crippen LogP contribution in [0.3, 0.4) is 0 Å². The third-order valence-electron chi connectivity index (χ3n) is 4.86. The summed E-state index contributed by atoms with van der Waals surface area (Å²) in [6, 6.07) is 0.714. The van der Waals surface area contributed by atoms with Gasteiger partial charge in [-0.1, -0.05) is 19.8 Å². The summed E-state index contributed by atoms with van der Waals surface area (Å²) in [6.45, 7) is 5.91. The van der Waals surface area contributed by atoms with E-state index in [2.05, 4.69) is 27.5 Å². The maximum absolute atomic E-state index is 4.42. The van der Waals surface area contributed by atoms with Gasteiger partial charge in [0.1, 0.15) is 0 Å². The highest BCUT2D eigenvalue weighted by atomic mass is 32.1. The van der Waals surface area contributed by atoms with Crippen molar-refractivity contribution in [3.05, 3.63) is 16.6 Å². The van der Waals surface area contributed by atoms with Gasteiger partial charge in [0.25, 0.3) is 0 Å². The fourth-order valence-electron chi connectivity index (χ4n) is 3.70. The Hall–Kier alpha value is -0.450. The van der Waals surface area contributed by atoms with Crippen molar-refractivity contribution in [3.8, 4) is 0 Å². The van der Waals surface area contributed by atoms with Crippen molar-refractivity contribution < 1.29 is 0 Å². The molecule has 0 aromatic carbocycles. The number of hydrogen-bond acceptors (Lipinski definition) is 4. The van der Waals surface area contributed by atoms with Gasteiger partial charge in [0.15, 0.2) is 0 Å². The summed E-state index contributed by atoms with van der Waals surface area (Å²) < 4.78 is 0. The van der Waals surface area contributed by atoms with Crippen molar-refractivity contribution in [2.75, 3.05) is 19.6 Å². The first-order chi connectivity index (χ1) is 9.31. The van der Waals surface area contributed by atoms with E-state index in [1.165, 1.54) is 56.7 Å². The zero-order valence-corrected chi connectivity index (χ0v) is 12.7. The summed E-state index contributed by atoms with van der Waals surface area (Å²) in [5, 5.41) is 7.24. The summed E-state index contributed by atoms with van der Waals surface area (Å²) in [5.41, 5.74) is 0.439. The summed E-state index contributed by atoms with van der Waals surface area (Å²) in [5.74, 6) is 0. The molecular weight excluding hydrogens is 254 g/mol. The lowest BCUT2D eigenvalue weighted by Crippen LogP contribution is -2.63. The average Bonchev–Trinajstić information content (AvgIpc) is 3.09. The van der Waals surface area contributed by atoms with Crippen LogP contribution >= 0.6 is 11.3 Å². The monoisotopic (exact) mass is 279 g/mol. The highest BCUT2D eigenvalue weighted by molar-refractivity contribution is 7.09. The van der Waals surface area contributed by atoms with E-state index in [0.29, 0.717) is 11.6 Å². The summed E-state index contributed by atoms with van der Waals surface area (Å²) in [6.07, 6.45) is 9.85. The second kappa shape index (κ2) is 5.90. The number of thiazole rings is 1. The summed E-state index contributed by atoms with van der Waals surface area (Å²) in [7, 11) is 0. The maximum atomic E-state index is 4.42. The Morgan fingerprint density at radius 3 is 3.00 bits per heavy atom. The third kappa shape index (κ3) is 3.01. The second-order valence-corrected chi connectivity index (χ2v) is 7.06. The zero-order valence-electron chi connectivity index (χ0n) is 11.9. The van der Waals surface area contributed by atoms with Crippen LogP contribution in [0.1, 0.15) is 44.0 Å². The van der Waals surface area contributed by atoms with E-state index in [9.17, 15) is 0 Å². The minimum absolute atomic E-state index is 0.439. The van der Waals surface area contributed by atoms with Gasteiger partial charge in [0.05, 0.1) is 5.01 Å². The van der Waals surface area contributed by atoms with E-state index in [1.54, 1.807) is 11.3 Å². The van der Waals surface area contributed by atoms with Crippen LogP contribution in [0.25, 0.3) is 0 Å². The Labute approximate surface area is 120 Å². The van der Waals surface area contributed by atoms with Crippen LogP contribution < -0.4 is 5.32 Å². The van der Waals surface area contributed by atoms with Crippen LogP contribution in [0.5, 0.6) is 0 Å². The van der Waals surface area contributed by atoms with Gasteiger partial charge in [-0.3, -0.25) is 4.90 Å². The summed E-state index contributed by atoms with van der Waals surface area (Å²) in [4.78, 5) is 7.14. The van der Waals surface area contributed by atoms with Crippen LogP contribution in [-0.4, -0.2) is 41.1 Å². The van der Waals surface area contributed by atoms with Gasteiger partial charge in [-0.25, -0.2) is 4.98 Å². The number of hydrogen-bond donors (Lipinski definition) is 1. The molecule has 3 rings (SSSR count). The van der Waals surface area contributed by atoms with E-state index in [0.717, 1.165) is 6.42 Å². The fraction of sp³-hybridized carbons (Fsp3) is 0.800.